The highest BCUT2D eigenvalue weighted by atomic mass is 16.5. The number of rotatable bonds is 6. The Kier molecular flexibility index (Phi) is 6.73. The molecule has 2 fully saturated rings. The van der Waals surface area contributed by atoms with Gasteiger partial charge in [-0.1, -0.05) is 25.7 Å². The van der Waals surface area contributed by atoms with Crippen LogP contribution in [0.4, 0.5) is 4.79 Å². The predicted octanol–water partition coefficient (Wildman–Crippen LogP) is 2.73. The van der Waals surface area contributed by atoms with Crippen molar-refractivity contribution >= 4 is 6.03 Å². The monoisotopic (exact) mass is 348 g/mol. The molecule has 140 valence electrons. The summed E-state index contributed by atoms with van der Waals surface area (Å²) in [5, 5.41) is 7.23. The molecule has 1 aromatic rings. The molecule has 6 nitrogen and oxygen atoms in total. The highest BCUT2D eigenvalue weighted by Gasteiger charge is 2.26. The van der Waals surface area contributed by atoms with Crippen LogP contribution >= 0.6 is 0 Å². The van der Waals surface area contributed by atoms with Crippen LogP contribution in [-0.2, 0) is 18.2 Å². The number of carbonyl (C=O) groups is 1. The van der Waals surface area contributed by atoms with Gasteiger partial charge in [-0.15, -0.1) is 0 Å². The minimum atomic E-state index is 0.0538. The molecule has 1 aliphatic heterocycles. The van der Waals surface area contributed by atoms with Gasteiger partial charge in [0.15, 0.2) is 0 Å². The first-order chi connectivity index (χ1) is 12.2. The molecule has 0 bridgehead atoms. The summed E-state index contributed by atoms with van der Waals surface area (Å²) < 4.78 is 7.77. The van der Waals surface area contributed by atoms with Gasteiger partial charge in [0.1, 0.15) is 0 Å². The summed E-state index contributed by atoms with van der Waals surface area (Å²) in [7, 11) is 1.94. The summed E-state index contributed by atoms with van der Waals surface area (Å²) in [5.74, 6) is 0.539. The fraction of sp³-hybridized carbons (Fsp3) is 0.789. The average molecular weight is 348 g/mol. The van der Waals surface area contributed by atoms with Crippen LogP contribution in [0.5, 0.6) is 0 Å². The first-order valence-corrected chi connectivity index (χ1v) is 9.82. The van der Waals surface area contributed by atoms with Crippen LogP contribution in [-0.4, -0.2) is 53.1 Å². The largest absolute Gasteiger partial charge is 0.376 e. The van der Waals surface area contributed by atoms with Gasteiger partial charge in [-0.3, -0.25) is 4.68 Å². The molecule has 2 heterocycles. The van der Waals surface area contributed by atoms with E-state index in [4.69, 9.17) is 4.74 Å². The molecular weight excluding hydrogens is 316 g/mol. The van der Waals surface area contributed by atoms with E-state index in [1.165, 1.54) is 44.1 Å². The van der Waals surface area contributed by atoms with Gasteiger partial charge >= 0.3 is 6.03 Å². The number of amides is 2. The standard InChI is InChI=1S/C19H32N4O2/c1-22-14-17(13-21-22)12-16-8-10-23(15-16)19(24)20-9-11-25-18-6-4-2-3-5-7-18/h13-14,16,18H,2-12,15H2,1H3,(H,20,24)/t16-/m1/s1. The van der Waals surface area contributed by atoms with Gasteiger partial charge < -0.3 is 15.0 Å². The van der Waals surface area contributed by atoms with Crippen LogP contribution in [0, 0.1) is 5.92 Å². The maximum Gasteiger partial charge on any atom is 0.317 e. The summed E-state index contributed by atoms with van der Waals surface area (Å²) in [4.78, 5) is 14.2. The summed E-state index contributed by atoms with van der Waals surface area (Å²) in [5.41, 5.74) is 1.26. The highest BCUT2D eigenvalue weighted by Crippen LogP contribution is 2.21. The molecule has 6 heteroatoms. The van der Waals surface area contributed by atoms with Crippen molar-refractivity contribution in [3.05, 3.63) is 18.0 Å². The van der Waals surface area contributed by atoms with Crippen LogP contribution in [0.1, 0.15) is 50.5 Å². The Morgan fingerprint density at radius 1 is 1.28 bits per heavy atom. The number of nitrogens with zero attached hydrogens (tertiary/aromatic N) is 3. The van der Waals surface area contributed by atoms with Crippen LogP contribution in [0.15, 0.2) is 12.4 Å². The molecule has 25 heavy (non-hydrogen) atoms. The summed E-state index contributed by atoms with van der Waals surface area (Å²) in [6.07, 6.45) is 14.1. The second kappa shape index (κ2) is 9.22. The van der Waals surface area contributed by atoms with E-state index in [1.807, 2.05) is 22.8 Å². The lowest BCUT2D eigenvalue weighted by Gasteiger charge is -2.19. The first-order valence-electron chi connectivity index (χ1n) is 9.82. The molecular formula is C19H32N4O2. The molecule has 1 saturated carbocycles. The highest BCUT2D eigenvalue weighted by molar-refractivity contribution is 5.74. The smallest absolute Gasteiger partial charge is 0.317 e. The van der Waals surface area contributed by atoms with E-state index in [0.717, 1.165) is 25.9 Å². The third-order valence-electron chi connectivity index (χ3n) is 5.39. The number of hydrogen-bond acceptors (Lipinski definition) is 3. The molecule has 0 spiro atoms. The third-order valence-corrected chi connectivity index (χ3v) is 5.39. The summed E-state index contributed by atoms with van der Waals surface area (Å²) in [6, 6.07) is 0.0538. The number of aryl methyl sites for hydroxylation is 1. The van der Waals surface area contributed by atoms with E-state index in [1.54, 1.807) is 0 Å². The summed E-state index contributed by atoms with van der Waals surface area (Å²) in [6.45, 7) is 2.92. The van der Waals surface area contributed by atoms with E-state index in [-0.39, 0.29) is 6.03 Å². The lowest BCUT2D eigenvalue weighted by atomic mass is 10.0. The van der Waals surface area contributed by atoms with Gasteiger partial charge in [0.25, 0.3) is 0 Å². The van der Waals surface area contributed by atoms with Crippen molar-refractivity contribution in [2.24, 2.45) is 13.0 Å². The lowest BCUT2D eigenvalue weighted by molar-refractivity contribution is 0.0456. The van der Waals surface area contributed by atoms with E-state index >= 15 is 0 Å². The fourth-order valence-electron chi connectivity index (χ4n) is 4.00. The van der Waals surface area contributed by atoms with Gasteiger partial charge in [-0.25, -0.2) is 4.79 Å². The van der Waals surface area contributed by atoms with E-state index in [2.05, 4.69) is 16.6 Å². The Morgan fingerprint density at radius 2 is 2.08 bits per heavy atom. The van der Waals surface area contributed by atoms with Crippen LogP contribution in [0.3, 0.4) is 0 Å². The first kappa shape index (κ1) is 18.2. The molecule has 0 aromatic carbocycles. The van der Waals surface area contributed by atoms with E-state index < -0.39 is 0 Å². The zero-order valence-corrected chi connectivity index (χ0v) is 15.5. The number of hydrogen-bond donors (Lipinski definition) is 1. The van der Waals surface area contributed by atoms with Crippen LogP contribution in [0.25, 0.3) is 0 Å². The second-order valence-electron chi connectivity index (χ2n) is 7.54. The molecule has 3 rings (SSSR count). The van der Waals surface area contributed by atoms with Gasteiger partial charge in [-0.2, -0.15) is 5.10 Å². The second-order valence-corrected chi connectivity index (χ2v) is 7.54. The van der Waals surface area contributed by atoms with Crippen LogP contribution < -0.4 is 5.32 Å². The minimum Gasteiger partial charge on any atom is -0.376 e. The topological polar surface area (TPSA) is 59.4 Å². The average Bonchev–Trinajstić information content (AvgIpc) is 3.14. The quantitative estimate of drug-likeness (QED) is 0.635. The Morgan fingerprint density at radius 3 is 2.80 bits per heavy atom. The Hall–Kier alpha value is -1.56. The van der Waals surface area contributed by atoms with Crippen molar-refractivity contribution in [1.29, 1.82) is 0 Å². The normalized spacial score (nSPS) is 22.1. The molecule has 1 saturated heterocycles. The van der Waals surface area contributed by atoms with Gasteiger partial charge in [0.2, 0.25) is 0 Å². The Bertz CT molecular complexity index is 537. The third kappa shape index (κ3) is 5.73. The number of urea groups is 1. The number of nitrogens with one attached hydrogen (secondary N) is 1. The molecule has 0 unspecified atom stereocenters. The fourth-order valence-corrected chi connectivity index (χ4v) is 4.00. The van der Waals surface area contributed by atoms with Gasteiger partial charge in [0.05, 0.1) is 18.9 Å². The van der Waals surface area contributed by atoms with Gasteiger partial charge in [0, 0.05) is 32.9 Å². The van der Waals surface area contributed by atoms with Crippen LogP contribution in [0.2, 0.25) is 0 Å². The zero-order valence-electron chi connectivity index (χ0n) is 15.5. The molecule has 1 atom stereocenters. The Labute approximate surface area is 150 Å². The zero-order chi connectivity index (χ0) is 17.5. The SMILES string of the molecule is Cn1cc(C[C@H]2CCN(C(=O)NCCOC3CCCCCC3)C2)cn1. The number of carbonyl (C=O) groups excluding carboxylic acids is 1. The molecule has 0 radical (unpaired) electrons. The molecule has 1 aliphatic carbocycles. The van der Waals surface area contributed by atoms with Crippen molar-refractivity contribution < 1.29 is 9.53 Å². The number of aromatic nitrogens is 2. The minimum absolute atomic E-state index is 0.0538. The van der Waals surface area contributed by atoms with Crippen molar-refractivity contribution in [3.8, 4) is 0 Å². The van der Waals surface area contributed by atoms with E-state index in [0.29, 0.717) is 25.2 Å². The maximum absolute atomic E-state index is 12.3. The molecule has 1 N–H and O–H groups in total. The Balaban J connectivity index is 1.30. The van der Waals surface area contributed by atoms with Crippen molar-refractivity contribution in [1.82, 2.24) is 20.0 Å². The number of likely N-dealkylation sites (tertiary alicyclic amines) is 1. The lowest BCUT2D eigenvalue weighted by Crippen LogP contribution is -2.40. The molecule has 2 amide bonds. The van der Waals surface area contributed by atoms with Gasteiger partial charge in [-0.05, 0) is 37.2 Å². The van der Waals surface area contributed by atoms with Crippen molar-refractivity contribution in [2.75, 3.05) is 26.2 Å². The molecule has 1 aromatic heterocycles. The maximum atomic E-state index is 12.3. The van der Waals surface area contributed by atoms with Crippen molar-refractivity contribution in [2.45, 2.75) is 57.5 Å². The number of ether oxygens (including phenoxy) is 1. The van der Waals surface area contributed by atoms with E-state index in [9.17, 15) is 4.79 Å². The summed E-state index contributed by atoms with van der Waals surface area (Å²) >= 11 is 0. The predicted molar refractivity (Wildman–Crippen MR) is 97.4 cm³/mol. The molecule has 2 aliphatic rings. The van der Waals surface area contributed by atoms with Crippen molar-refractivity contribution in [3.63, 3.8) is 0 Å².